The number of nitrogens with one attached hydrogen (secondary N) is 2. The molecule has 0 aliphatic carbocycles. The first-order chi connectivity index (χ1) is 21.1. The molecule has 5 aromatic carbocycles. The van der Waals surface area contributed by atoms with Crippen molar-refractivity contribution >= 4 is 56.5 Å². The minimum Gasteiger partial charge on any atom is -0.497 e. The van der Waals surface area contributed by atoms with Gasteiger partial charge in [-0.2, -0.15) is 0 Å². The highest BCUT2D eigenvalue weighted by atomic mass is 32.2. The van der Waals surface area contributed by atoms with E-state index in [0.717, 1.165) is 27.1 Å². The Kier molecular flexibility index (Phi) is 8.49. The van der Waals surface area contributed by atoms with Gasteiger partial charge in [-0.1, -0.05) is 78.9 Å². The van der Waals surface area contributed by atoms with Gasteiger partial charge in [-0.05, 0) is 58.8 Å². The zero-order chi connectivity index (χ0) is 29.6. The molecular weight excluding hydrogens is 575 g/mol. The predicted molar refractivity (Wildman–Crippen MR) is 176 cm³/mol. The molecule has 6 rings (SSSR count). The summed E-state index contributed by atoms with van der Waals surface area (Å²) in [5.41, 5.74) is 3.80. The van der Waals surface area contributed by atoms with Crippen LogP contribution in [0.1, 0.15) is 21.2 Å². The van der Waals surface area contributed by atoms with Crippen LogP contribution in [0.5, 0.6) is 5.75 Å². The van der Waals surface area contributed by atoms with E-state index >= 15 is 0 Å². The molecule has 0 radical (unpaired) electrons. The number of hydrogen-bond acceptors (Lipinski definition) is 6. The minimum absolute atomic E-state index is 0.179. The Hall–Kier alpha value is -4.92. The predicted octanol–water partition coefficient (Wildman–Crippen LogP) is 8.70. The van der Waals surface area contributed by atoms with Crippen molar-refractivity contribution in [2.75, 3.05) is 17.7 Å². The number of nitrogens with zero attached hydrogens (tertiary/aromatic N) is 1. The summed E-state index contributed by atoms with van der Waals surface area (Å²) in [6.45, 7) is 0. The van der Waals surface area contributed by atoms with Crippen LogP contribution in [0.2, 0.25) is 0 Å². The first-order valence-electron chi connectivity index (χ1n) is 13.6. The molecule has 2 N–H and O–H groups in total. The van der Waals surface area contributed by atoms with E-state index in [-0.39, 0.29) is 11.8 Å². The number of methoxy groups -OCH3 is 1. The fraction of sp³-hybridized carbons (Fsp3) is 0.0571. The number of carbonyl (C=O) groups is 2. The van der Waals surface area contributed by atoms with Gasteiger partial charge in [0.2, 0.25) is 5.91 Å². The van der Waals surface area contributed by atoms with Crippen molar-refractivity contribution in [1.29, 1.82) is 0 Å². The Morgan fingerprint density at radius 1 is 0.791 bits per heavy atom. The Morgan fingerprint density at radius 2 is 1.58 bits per heavy atom. The van der Waals surface area contributed by atoms with Crippen LogP contribution in [-0.4, -0.2) is 23.9 Å². The molecule has 6 aromatic rings. The Labute approximate surface area is 257 Å². The topological polar surface area (TPSA) is 80.3 Å². The number of hydrogen-bond donors (Lipinski definition) is 2. The standard InChI is InChI=1S/C35H27N3O3S2/c1-41-29-15-7-13-27(20-29)33(39)36-28-14-8-16-30(21-28)43-32(24-10-3-2-4-11-24)34(40)38-35-37-31(22-42-35)26-18-17-23-9-5-6-12-25(23)19-26/h2-22,32H,1H3,(H,36,39)(H,37,38,40). The number of thioether (sulfide) groups is 1. The van der Waals surface area contributed by atoms with Crippen LogP contribution in [0.3, 0.4) is 0 Å². The van der Waals surface area contributed by atoms with Crippen LogP contribution in [0, 0.1) is 0 Å². The van der Waals surface area contributed by atoms with E-state index in [1.54, 1.807) is 31.4 Å². The third kappa shape index (κ3) is 6.77. The maximum atomic E-state index is 13.7. The molecule has 0 spiro atoms. The van der Waals surface area contributed by atoms with Gasteiger partial charge in [-0.15, -0.1) is 23.1 Å². The molecular formula is C35H27N3O3S2. The molecule has 0 fully saturated rings. The highest BCUT2D eigenvalue weighted by Crippen LogP contribution is 2.38. The van der Waals surface area contributed by atoms with Crippen LogP contribution in [-0.2, 0) is 4.79 Å². The highest BCUT2D eigenvalue weighted by Gasteiger charge is 2.23. The molecule has 8 heteroatoms. The van der Waals surface area contributed by atoms with E-state index in [1.807, 2.05) is 78.2 Å². The lowest BCUT2D eigenvalue weighted by molar-refractivity contribution is -0.115. The Balaban J connectivity index is 1.19. The molecule has 0 bridgehead atoms. The van der Waals surface area contributed by atoms with E-state index in [2.05, 4.69) is 34.9 Å². The second-order valence-corrected chi connectivity index (χ2v) is 11.7. The molecule has 1 unspecified atom stereocenters. The van der Waals surface area contributed by atoms with Crippen molar-refractivity contribution in [3.05, 3.63) is 138 Å². The van der Waals surface area contributed by atoms with Crippen molar-refractivity contribution in [1.82, 2.24) is 4.98 Å². The van der Waals surface area contributed by atoms with Gasteiger partial charge in [0.25, 0.3) is 5.91 Å². The number of benzene rings is 5. The average molecular weight is 602 g/mol. The SMILES string of the molecule is COc1cccc(C(=O)Nc2cccc(SC(C(=O)Nc3nc(-c4ccc5ccccc5c4)cs3)c3ccccc3)c2)c1. The molecule has 1 aromatic heterocycles. The largest absolute Gasteiger partial charge is 0.497 e. The molecule has 2 amide bonds. The van der Waals surface area contributed by atoms with Gasteiger partial charge in [0.15, 0.2) is 5.13 Å². The summed E-state index contributed by atoms with van der Waals surface area (Å²) < 4.78 is 5.24. The van der Waals surface area contributed by atoms with Gasteiger partial charge < -0.3 is 15.4 Å². The number of rotatable bonds is 9. The average Bonchev–Trinajstić information content (AvgIpc) is 3.52. The number of amides is 2. The summed E-state index contributed by atoms with van der Waals surface area (Å²) >= 11 is 2.81. The first-order valence-corrected chi connectivity index (χ1v) is 15.3. The normalized spacial score (nSPS) is 11.6. The zero-order valence-corrected chi connectivity index (χ0v) is 24.8. The third-order valence-electron chi connectivity index (χ3n) is 6.80. The van der Waals surface area contributed by atoms with Crippen LogP contribution >= 0.6 is 23.1 Å². The van der Waals surface area contributed by atoms with Crippen LogP contribution in [0.15, 0.2) is 132 Å². The quantitative estimate of drug-likeness (QED) is 0.162. The van der Waals surface area contributed by atoms with E-state index < -0.39 is 5.25 Å². The lowest BCUT2D eigenvalue weighted by Crippen LogP contribution is -2.19. The molecule has 1 heterocycles. The number of aromatic nitrogens is 1. The van der Waals surface area contributed by atoms with Crippen LogP contribution in [0.4, 0.5) is 10.8 Å². The van der Waals surface area contributed by atoms with Crippen LogP contribution in [0.25, 0.3) is 22.0 Å². The molecule has 0 aliphatic heterocycles. The zero-order valence-electron chi connectivity index (χ0n) is 23.2. The van der Waals surface area contributed by atoms with Crippen molar-refractivity contribution < 1.29 is 14.3 Å². The highest BCUT2D eigenvalue weighted by molar-refractivity contribution is 8.00. The molecule has 43 heavy (non-hydrogen) atoms. The molecule has 212 valence electrons. The molecule has 0 aliphatic rings. The second kappa shape index (κ2) is 12.9. The van der Waals surface area contributed by atoms with Crippen molar-refractivity contribution in [3.8, 4) is 17.0 Å². The Morgan fingerprint density at radius 3 is 2.42 bits per heavy atom. The molecule has 0 saturated heterocycles. The van der Waals surface area contributed by atoms with Gasteiger partial charge in [0, 0.05) is 27.1 Å². The van der Waals surface area contributed by atoms with E-state index in [9.17, 15) is 9.59 Å². The monoisotopic (exact) mass is 601 g/mol. The van der Waals surface area contributed by atoms with Crippen LogP contribution < -0.4 is 15.4 Å². The molecule has 1 atom stereocenters. The first kappa shape index (κ1) is 28.2. The lowest BCUT2D eigenvalue weighted by atomic mass is 10.1. The summed E-state index contributed by atoms with van der Waals surface area (Å²) in [7, 11) is 1.56. The summed E-state index contributed by atoms with van der Waals surface area (Å²) in [5.74, 6) is 0.184. The van der Waals surface area contributed by atoms with Gasteiger partial charge in [0.1, 0.15) is 11.0 Å². The number of fused-ring (bicyclic) bond motifs is 1. The van der Waals surface area contributed by atoms with Crippen molar-refractivity contribution in [2.24, 2.45) is 0 Å². The summed E-state index contributed by atoms with van der Waals surface area (Å²) in [5, 5.41) is 10.2. The summed E-state index contributed by atoms with van der Waals surface area (Å²) in [4.78, 5) is 32.1. The third-order valence-corrected chi connectivity index (χ3v) is 8.80. The van der Waals surface area contributed by atoms with Gasteiger partial charge in [-0.25, -0.2) is 4.98 Å². The summed E-state index contributed by atoms with van der Waals surface area (Å²) in [6.07, 6.45) is 0. The van der Waals surface area contributed by atoms with Crippen molar-refractivity contribution in [3.63, 3.8) is 0 Å². The fourth-order valence-electron chi connectivity index (χ4n) is 4.63. The van der Waals surface area contributed by atoms with Gasteiger partial charge in [0.05, 0.1) is 12.8 Å². The minimum atomic E-state index is -0.543. The van der Waals surface area contributed by atoms with E-state index in [1.165, 1.54) is 28.5 Å². The number of ether oxygens (including phenoxy) is 1. The number of carbonyl (C=O) groups excluding carboxylic acids is 2. The molecule has 0 saturated carbocycles. The number of anilines is 2. The van der Waals surface area contributed by atoms with Gasteiger partial charge in [-0.3, -0.25) is 9.59 Å². The fourth-order valence-corrected chi connectivity index (χ4v) is 6.44. The Bertz CT molecular complexity index is 1910. The smallest absolute Gasteiger partial charge is 0.255 e. The number of thiazole rings is 1. The van der Waals surface area contributed by atoms with E-state index in [4.69, 9.17) is 9.72 Å². The van der Waals surface area contributed by atoms with Crippen molar-refractivity contribution in [2.45, 2.75) is 10.1 Å². The summed E-state index contributed by atoms with van der Waals surface area (Å²) in [6, 6.07) is 38.5. The van der Waals surface area contributed by atoms with Gasteiger partial charge >= 0.3 is 0 Å². The second-order valence-electron chi connectivity index (χ2n) is 9.71. The maximum Gasteiger partial charge on any atom is 0.255 e. The maximum absolute atomic E-state index is 13.7. The lowest BCUT2D eigenvalue weighted by Gasteiger charge is -2.17. The van der Waals surface area contributed by atoms with E-state index in [0.29, 0.717) is 22.1 Å². The molecule has 6 nitrogen and oxygen atoms in total.